The van der Waals surface area contributed by atoms with Crippen LogP contribution in [-0.2, 0) is 0 Å². The summed E-state index contributed by atoms with van der Waals surface area (Å²) in [7, 11) is 0. The van der Waals surface area contributed by atoms with Crippen molar-refractivity contribution in [3.8, 4) is 0 Å². The lowest BCUT2D eigenvalue weighted by Gasteiger charge is -2.00. The van der Waals surface area contributed by atoms with Gasteiger partial charge < -0.3 is 5.32 Å². The summed E-state index contributed by atoms with van der Waals surface area (Å²) >= 11 is 0. The Morgan fingerprint density at radius 2 is 2.13 bits per heavy atom. The summed E-state index contributed by atoms with van der Waals surface area (Å²) in [6.07, 6.45) is 2.33. The van der Waals surface area contributed by atoms with E-state index >= 15 is 0 Å². The Labute approximate surface area is 84.9 Å². The van der Waals surface area contributed by atoms with Crippen molar-refractivity contribution in [2.45, 2.75) is 0 Å². The molecule has 4 nitrogen and oxygen atoms in total. The van der Waals surface area contributed by atoms with Crippen molar-refractivity contribution < 1.29 is 9.59 Å². The smallest absolute Gasteiger partial charge is 0.256 e. The van der Waals surface area contributed by atoms with E-state index in [1.54, 1.807) is 24.4 Å². The number of carbonyl (C=O) groups excluding carboxylic acids is 2. The normalized spacial score (nSPS) is 12.9. The van der Waals surface area contributed by atoms with Crippen LogP contribution >= 0.6 is 0 Å². The first-order valence-electron chi connectivity index (χ1n) is 4.49. The zero-order valence-electron chi connectivity index (χ0n) is 7.65. The number of amides is 1. The summed E-state index contributed by atoms with van der Waals surface area (Å²) in [5.74, 6) is -0.138. The summed E-state index contributed by atoms with van der Waals surface area (Å²) < 4.78 is 0. The lowest BCUT2D eigenvalue weighted by atomic mass is 10.1. The summed E-state index contributed by atoms with van der Waals surface area (Å²) in [5.41, 5.74) is 2.40. The van der Waals surface area contributed by atoms with Crippen LogP contribution in [0.4, 0.5) is 5.69 Å². The fraction of sp³-hybridized carbons (Fsp3) is 0. The van der Waals surface area contributed by atoms with Crippen LogP contribution in [0.3, 0.4) is 0 Å². The molecule has 0 aliphatic carbocycles. The molecule has 1 aliphatic heterocycles. The highest BCUT2D eigenvalue weighted by molar-refractivity contribution is 6.24. The Hall–Kier alpha value is -2.23. The third-order valence-corrected chi connectivity index (χ3v) is 2.54. The minimum absolute atomic E-state index is 0.138. The average molecular weight is 198 g/mol. The van der Waals surface area contributed by atoms with Gasteiger partial charge in [-0.3, -0.25) is 14.6 Å². The molecular weight excluding hydrogens is 192 g/mol. The minimum Gasteiger partial charge on any atom is -0.321 e. The van der Waals surface area contributed by atoms with Gasteiger partial charge in [0, 0.05) is 17.1 Å². The molecule has 1 aromatic heterocycles. The quantitative estimate of drug-likeness (QED) is 0.708. The number of anilines is 1. The molecule has 1 aromatic carbocycles. The second kappa shape index (κ2) is 2.63. The van der Waals surface area contributed by atoms with Gasteiger partial charge in [0.1, 0.15) is 0 Å². The van der Waals surface area contributed by atoms with E-state index in [1.807, 2.05) is 0 Å². The van der Waals surface area contributed by atoms with Crippen LogP contribution in [0.5, 0.6) is 0 Å². The van der Waals surface area contributed by atoms with E-state index in [9.17, 15) is 9.59 Å². The molecule has 72 valence electrons. The molecule has 0 fully saturated rings. The Morgan fingerprint density at radius 3 is 2.93 bits per heavy atom. The lowest BCUT2D eigenvalue weighted by molar-refractivity contribution is 0.103. The molecule has 0 unspecified atom stereocenters. The maximum Gasteiger partial charge on any atom is 0.256 e. The third kappa shape index (κ3) is 0.929. The first-order chi connectivity index (χ1) is 7.31. The lowest BCUT2D eigenvalue weighted by Crippen LogP contribution is -2.03. The van der Waals surface area contributed by atoms with Gasteiger partial charge in [0.05, 0.1) is 16.8 Å². The zero-order valence-corrected chi connectivity index (χ0v) is 7.65. The van der Waals surface area contributed by atoms with E-state index < -0.39 is 0 Å². The number of rotatable bonds is 1. The predicted octanol–water partition coefficient (Wildman–Crippen LogP) is 1.61. The number of hydrogen-bond acceptors (Lipinski definition) is 3. The van der Waals surface area contributed by atoms with Crippen LogP contribution in [0.2, 0.25) is 0 Å². The molecule has 0 saturated carbocycles. The van der Waals surface area contributed by atoms with Gasteiger partial charge in [0.15, 0.2) is 6.29 Å². The fourth-order valence-electron chi connectivity index (χ4n) is 1.87. The Balaban J connectivity index is 2.55. The fourth-order valence-corrected chi connectivity index (χ4v) is 1.87. The Bertz CT molecular complexity index is 605. The van der Waals surface area contributed by atoms with Gasteiger partial charge in [-0.15, -0.1) is 0 Å². The first-order valence-corrected chi connectivity index (χ1v) is 4.49. The van der Waals surface area contributed by atoms with Gasteiger partial charge >= 0.3 is 0 Å². The molecule has 1 amide bonds. The highest BCUT2D eigenvalue weighted by atomic mass is 16.1. The molecule has 4 heteroatoms. The van der Waals surface area contributed by atoms with Gasteiger partial charge in [-0.25, -0.2) is 0 Å². The maximum absolute atomic E-state index is 11.5. The van der Waals surface area contributed by atoms with E-state index in [2.05, 4.69) is 10.3 Å². The highest BCUT2D eigenvalue weighted by Crippen LogP contribution is 2.32. The minimum atomic E-state index is -0.138. The van der Waals surface area contributed by atoms with Gasteiger partial charge in [0.25, 0.3) is 5.91 Å². The number of hydrogen-bond donors (Lipinski definition) is 1. The van der Waals surface area contributed by atoms with E-state index in [-0.39, 0.29) is 5.91 Å². The number of aromatic nitrogens is 1. The topological polar surface area (TPSA) is 59.1 Å². The molecule has 0 spiro atoms. The zero-order chi connectivity index (χ0) is 10.4. The second-order valence-electron chi connectivity index (χ2n) is 3.36. The predicted molar refractivity (Wildman–Crippen MR) is 55.1 cm³/mol. The molecule has 1 aliphatic rings. The Morgan fingerprint density at radius 1 is 1.27 bits per heavy atom. The van der Waals surface area contributed by atoms with Crippen molar-refractivity contribution in [2.75, 3.05) is 5.32 Å². The molecule has 0 atom stereocenters. The first kappa shape index (κ1) is 8.11. The number of aldehydes is 1. The largest absolute Gasteiger partial charge is 0.321 e. The van der Waals surface area contributed by atoms with Crippen LogP contribution < -0.4 is 5.32 Å². The molecule has 3 rings (SSSR count). The third-order valence-electron chi connectivity index (χ3n) is 2.54. The summed E-state index contributed by atoms with van der Waals surface area (Å²) in [4.78, 5) is 26.4. The number of benzene rings is 1. The molecule has 0 bridgehead atoms. The van der Waals surface area contributed by atoms with Crippen molar-refractivity contribution in [2.24, 2.45) is 0 Å². The van der Waals surface area contributed by atoms with Crippen LogP contribution in [-0.4, -0.2) is 17.2 Å². The number of carbonyl (C=O) groups is 2. The van der Waals surface area contributed by atoms with Crippen molar-refractivity contribution in [1.29, 1.82) is 0 Å². The van der Waals surface area contributed by atoms with E-state index in [1.165, 1.54) is 0 Å². The molecule has 1 N–H and O–H groups in total. The Kier molecular flexibility index (Phi) is 1.42. The monoisotopic (exact) mass is 198 g/mol. The van der Waals surface area contributed by atoms with Gasteiger partial charge in [-0.2, -0.15) is 0 Å². The van der Waals surface area contributed by atoms with Crippen LogP contribution in [0, 0.1) is 0 Å². The second-order valence-corrected chi connectivity index (χ2v) is 3.36. The highest BCUT2D eigenvalue weighted by Gasteiger charge is 2.22. The van der Waals surface area contributed by atoms with Crippen LogP contribution in [0.25, 0.3) is 10.9 Å². The SMILES string of the molecule is O=Cc1ccc2c3c(ccnc13)NC2=O. The van der Waals surface area contributed by atoms with Crippen molar-refractivity contribution in [3.05, 3.63) is 35.5 Å². The molecule has 0 radical (unpaired) electrons. The summed E-state index contributed by atoms with van der Waals surface area (Å²) in [5, 5.41) is 3.47. The van der Waals surface area contributed by atoms with Gasteiger partial charge in [0.2, 0.25) is 0 Å². The summed E-state index contributed by atoms with van der Waals surface area (Å²) in [6.45, 7) is 0. The van der Waals surface area contributed by atoms with Gasteiger partial charge in [-0.05, 0) is 18.2 Å². The van der Waals surface area contributed by atoms with Crippen molar-refractivity contribution in [3.63, 3.8) is 0 Å². The molecule has 2 heterocycles. The average Bonchev–Trinajstić information content (AvgIpc) is 2.58. The van der Waals surface area contributed by atoms with E-state index in [4.69, 9.17) is 0 Å². The number of pyridine rings is 1. The van der Waals surface area contributed by atoms with Gasteiger partial charge in [-0.1, -0.05) is 0 Å². The maximum atomic E-state index is 11.5. The number of nitrogens with one attached hydrogen (secondary N) is 1. The van der Waals surface area contributed by atoms with Crippen molar-refractivity contribution in [1.82, 2.24) is 4.98 Å². The van der Waals surface area contributed by atoms with Crippen LogP contribution in [0.15, 0.2) is 24.4 Å². The molecule has 2 aromatic rings. The van der Waals surface area contributed by atoms with Crippen molar-refractivity contribution >= 4 is 28.8 Å². The van der Waals surface area contributed by atoms with E-state index in [0.717, 1.165) is 17.4 Å². The molecule has 15 heavy (non-hydrogen) atoms. The molecular formula is C11H6N2O2. The standard InChI is InChI=1S/C11H6N2O2/c14-5-6-1-2-7-9-8(13-11(7)15)3-4-12-10(6)9/h1-5H,(H,13,15). The number of nitrogens with zero attached hydrogens (tertiary/aromatic N) is 1. The van der Waals surface area contributed by atoms with Crippen LogP contribution in [0.1, 0.15) is 20.7 Å². The molecule has 0 saturated heterocycles. The summed E-state index contributed by atoms with van der Waals surface area (Å²) in [6, 6.07) is 5.00. The van der Waals surface area contributed by atoms with E-state index in [0.29, 0.717) is 16.6 Å².